The van der Waals surface area contributed by atoms with Gasteiger partial charge in [0.25, 0.3) is 5.91 Å². The van der Waals surface area contributed by atoms with Gasteiger partial charge in [-0.3, -0.25) is 9.69 Å². The van der Waals surface area contributed by atoms with Gasteiger partial charge in [-0.15, -0.1) is 0 Å². The Morgan fingerprint density at radius 1 is 1.18 bits per heavy atom. The maximum absolute atomic E-state index is 13.2. The fraction of sp³-hybridized carbons (Fsp3) is 0.500. The highest BCUT2D eigenvalue weighted by atomic mass is 35.5. The number of urea groups is 1. The summed E-state index contributed by atoms with van der Waals surface area (Å²) in [5.74, 6) is -0.0284. The molecule has 0 spiro atoms. The van der Waals surface area contributed by atoms with Crippen LogP contribution in [0.15, 0.2) is 29.5 Å². The highest BCUT2D eigenvalue weighted by Crippen LogP contribution is 2.39. The van der Waals surface area contributed by atoms with Gasteiger partial charge >= 0.3 is 6.03 Å². The van der Waals surface area contributed by atoms with Crippen LogP contribution in [-0.4, -0.2) is 61.5 Å². The van der Waals surface area contributed by atoms with Crippen LogP contribution in [0.4, 0.5) is 4.79 Å². The van der Waals surface area contributed by atoms with Gasteiger partial charge in [0.15, 0.2) is 0 Å². The lowest BCUT2D eigenvalue weighted by Gasteiger charge is -2.31. The van der Waals surface area contributed by atoms with Crippen molar-refractivity contribution in [2.24, 2.45) is 0 Å². The molecule has 3 amide bonds. The van der Waals surface area contributed by atoms with Gasteiger partial charge in [-0.25, -0.2) is 4.79 Å². The number of likely N-dealkylation sites (N-methyl/N-ethyl adjacent to an activating group) is 1. The molecule has 2 N–H and O–H groups in total. The number of hydrogen-bond acceptors (Lipinski definition) is 2. The fourth-order valence-electron chi connectivity index (χ4n) is 4.38. The van der Waals surface area contributed by atoms with E-state index < -0.39 is 6.04 Å². The van der Waals surface area contributed by atoms with E-state index in [1.807, 2.05) is 11.0 Å². The van der Waals surface area contributed by atoms with E-state index in [9.17, 15) is 9.59 Å². The Bertz CT molecular complexity index is 835. The molecule has 0 unspecified atom stereocenters. The molecule has 0 radical (unpaired) electrons. The van der Waals surface area contributed by atoms with Crippen LogP contribution in [0.3, 0.4) is 0 Å². The highest BCUT2D eigenvalue weighted by molar-refractivity contribution is 6.42. The van der Waals surface area contributed by atoms with E-state index in [0.29, 0.717) is 34.3 Å². The van der Waals surface area contributed by atoms with Crippen molar-refractivity contribution in [2.45, 2.75) is 25.3 Å². The van der Waals surface area contributed by atoms with Crippen molar-refractivity contribution in [1.82, 2.24) is 15.1 Å². The second-order valence-electron chi connectivity index (χ2n) is 7.73. The van der Waals surface area contributed by atoms with Gasteiger partial charge < -0.3 is 15.1 Å². The number of quaternary nitrogens is 1. The quantitative estimate of drug-likeness (QED) is 0.776. The number of nitrogens with one attached hydrogen (secondary N) is 2. The maximum Gasteiger partial charge on any atom is 0.322 e. The standard InChI is InChI=1S/C20H24Cl2N4O2/c1-24-15-12-26(11-10-25-8-3-2-4-9-25)19(27)16(15)18(23-20(24)28)13-6-5-7-14(21)17(13)22/h5-7,18H,2-4,8-12H2,1H3,(H,23,28)/p+1/t18-/m1/s1. The van der Waals surface area contributed by atoms with Crippen LogP contribution in [0.25, 0.3) is 0 Å². The molecule has 8 heteroatoms. The lowest BCUT2D eigenvalue weighted by Crippen LogP contribution is -3.13. The van der Waals surface area contributed by atoms with Crippen LogP contribution in [0.2, 0.25) is 10.0 Å². The number of likely N-dealkylation sites (tertiary alicyclic amines) is 1. The van der Waals surface area contributed by atoms with E-state index in [1.165, 1.54) is 37.3 Å². The van der Waals surface area contributed by atoms with Crippen molar-refractivity contribution in [3.05, 3.63) is 45.1 Å². The summed E-state index contributed by atoms with van der Waals surface area (Å²) in [6, 6.07) is 4.47. The maximum atomic E-state index is 13.2. The van der Waals surface area contributed by atoms with Crippen molar-refractivity contribution in [3.63, 3.8) is 0 Å². The Labute approximate surface area is 175 Å². The predicted octanol–water partition coefficient (Wildman–Crippen LogP) is 1.85. The molecule has 3 heterocycles. The summed E-state index contributed by atoms with van der Waals surface area (Å²) in [6.45, 7) is 4.45. The van der Waals surface area contributed by atoms with Crippen LogP contribution >= 0.6 is 23.2 Å². The summed E-state index contributed by atoms with van der Waals surface area (Å²) in [4.78, 5) is 30.7. The SMILES string of the molecule is CN1C(=O)N[C@H](c2cccc(Cl)c2Cl)C2=C1CN(CC[NH+]1CCCCC1)C2=O. The average molecular weight is 424 g/mol. The Hall–Kier alpha value is -1.76. The summed E-state index contributed by atoms with van der Waals surface area (Å²) in [6.07, 6.45) is 3.83. The van der Waals surface area contributed by atoms with E-state index in [4.69, 9.17) is 23.2 Å². The van der Waals surface area contributed by atoms with Crippen molar-refractivity contribution < 1.29 is 14.5 Å². The Kier molecular flexibility index (Phi) is 5.54. The minimum Gasteiger partial charge on any atom is -0.333 e. The van der Waals surface area contributed by atoms with Gasteiger partial charge in [0, 0.05) is 7.05 Å². The molecule has 1 atom stereocenters. The average Bonchev–Trinajstić information content (AvgIpc) is 3.03. The molecule has 3 aliphatic rings. The van der Waals surface area contributed by atoms with Gasteiger partial charge in [-0.05, 0) is 30.9 Å². The van der Waals surface area contributed by atoms with Gasteiger partial charge in [0.1, 0.15) is 0 Å². The van der Waals surface area contributed by atoms with Gasteiger partial charge in [-0.1, -0.05) is 35.3 Å². The zero-order chi connectivity index (χ0) is 19.8. The molecular weight excluding hydrogens is 399 g/mol. The number of nitrogens with zero attached hydrogens (tertiary/aromatic N) is 2. The summed E-state index contributed by atoms with van der Waals surface area (Å²) < 4.78 is 0. The topological polar surface area (TPSA) is 57.1 Å². The molecule has 3 aliphatic heterocycles. The minimum atomic E-state index is -0.579. The summed E-state index contributed by atoms with van der Waals surface area (Å²) in [5, 5.41) is 3.69. The first kappa shape index (κ1) is 19.6. The third-order valence-electron chi connectivity index (χ3n) is 6.02. The first-order valence-corrected chi connectivity index (χ1v) is 10.6. The van der Waals surface area contributed by atoms with E-state index >= 15 is 0 Å². The number of hydrogen-bond donors (Lipinski definition) is 2. The fourth-order valence-corrected chi connectivity index (χ4v) is 4.79. The molecule has 0 bridgehead atoms. The van der Waals surface area contributed by atoms with Crippen LogP contribution in [0.5, 0.6) is 0 Å². The molecule has 1 fully saturated rings. The summed E-state index contributed by atoms with van der Waals surface area (Å²) >= 11 is 12.6. The number of rotatable bonds is 4. The molecule has 0 saturated carbocycles. The minimum absolute atomic E-state index is 0.0284. The molecule has 6 nitrogen and oxygen atoms in total. The van der Waals surface area contributed by atoms with Crippen molar-refractivity contribution >= 4 is 35.1 Å². The number of halogens is 2. The molecular formula is C20H25Cl2N4O2+. The molecule has 28 heavy (non-hydrogen) atoms. The van der Waals surface area contributed by atoms with E-state index in [-0.39, 0.29) is 11.9 Å². The predicted molar refractivity (Wildman–Crippen MR) is 109 cm³/mol. The zero-order valence-corrected chi connectivity index (χ0v) is 17.4. The van der Waals surface area contributed by atoms with Crippen LogP contribution in [0.1, 0.15) is 30.9 Å². The van der Waals surface area contributed by atoms with E-state index in [1.54, 1.807) is 24.1 Å². The molecule has 4 rings (SSSR count). The first-order valence-electron chi connectivity index (χ1n) is 9.81. The zero-order valence-electron chi connectivity index (χ0n) is 15.9. The highest BCUT2D eigenvalue weighted by Gasteiger charge is 2.43. The summed E-state index contributed by atoms with van der Waals surface area (Å²) in [7, 11) is 1.70. The number of amides is 3. The number of benzene rings is 1. The number of carbonyl (C=O) groups excluding carboxylic acids is 2. The van der Waals surface area contributed by atoms with Crippen LogP contribution in [-0.2, 0) is 4.79 Å². The van der Waals surface area contributed by atoms with Gasteiger partial charge in [-0.2, -0.15) is 0 Å². The number of piperidine rings is 1. The Morgan fingerprint density at radius 2 is 1.93 bits per heavy atom. The normalized spacial score (nSPS) is 23.3. The molecule has 1 aromatic rings. The molecule has 1 aromatic carbocycles. The lowest BCUT2D eigenvalue weighted by molar-refractivity contribution is -0.904. The largest absolute Gasteiger partial charge is 0.333 e. The van der Waals surface area contributed by atoms with Crippen LogP contribution in [0, 0.1) is 0 Å². The van der Waals surface area contributed by atoms with E-state index in [2.05, 4.69) is 5.32 Å². The first-order chi connectivity index (χ1) is 13.5. The number of carbonyl (C=O) groups is 2. The molecule has 1 saturated heterocycles. The molecule has 150 valence electrons. The third kappa shape index (κ3) is 3.49. The van der Waals surface area contributed by atoms with Crippen LogP contribution < -0.4 is 10.2 Å². The summed E-state index contributed by atoms with van der Waals surface area (Å²) in [5.41, 5.74) is 2.00. The third-order valence-corrected chi connectivity index (χ3v) is 6.86. The van der Waals surface area contributed by atoms with Crippen molar-refractivity contribution in [2.75, 3.05) is 39.8 Å². The van der Waals surface area contributed by atoms with Gasteiger partial charge in [0.05, 0.1) is 60.1 Å². The smallest absolute Gasteiger partial charge is 0.322 e. The molecule has 0 aliphatic carbocycles. The Balaban J connectivity index is 1.58. The molecule has 0 aromatic heterocycles. The van der Waals surface area contributed by atoms with Crippen molar-refractivity contribution in [1.29, 1.82) is 0 Å². The lowest BCUT2D eigenvalue weighted by atomic mass is 9.95. The monoisotopic (exact) mass is 423 g/mol. The van der Waals surface area contributed by atoms with Crippen molar-refractivity contribution in [3.8, 4) is 0 Å². The second kappa shape index (κ2) is 7.93. The Morgan fingerprint density at radius 3 is 2.68 bits per heavy atom. The van der Waals surface area contributed by atoms with E-state index in [0.717, 1.165) is 12.2 Å². The second-order valence-corrected chi connectivity index (χ2v) is 8.52. The van der Waals surface area contributed by atoms with Gasteiger partial charge in [0.2, 0.25) is 0 Å².